The Morgan fingerprint density at radius 3 is 2.76 bits per heavy atom. The van der Waals surface area contributed by atoms with Crippen molar-refractivity contribution in [2.24, 2.45) is 11.8 Å². The van der Waals surface area contributed by atoms with Gasteiger partial charge in [0.1, 0.15) is 17.2 Å². The standard InChI is InChI=1S/C28H42N4O5/c1-18(33)24(31-26(34)21-16-32(17-21)27(35)37-28(2,3)4)11-13-36-23-14-19(15-23)7-9-22-10-8-20-6-5-12-29-25(20)30-22/h8,10,19,21,23-24,33H,1,5-7,9,11-17H2,2-4H3,(H,29,30)(H,31,34)/t19-,23-,24-/m0/s1. The second kappa shape index (κ2) is 11.7. The Kier molecular flexibility index (Phi) is 8.62. The molecule has 2 fully saturated rings. The van der Waals surface area contributed by atoms with Crippen LogP contribution in [0.25, 0.3) is 0 Å². The Morgan fingerprint density at radius 2 is 2.05 bits per heavy atom. The second-order valence-electron chi connectivity index (χ2n) is 11.6. The van der Waals surface area contributed by atoms with Gasteiger partial charge in [0.25, 0.3) is 0 Å². The van der Waals surface area contributed by atoms with Gasteiger partial charge in [0.2, 0.25) is 5.91 Å². The maximum absolute atomic E-state index is 12.6. The zero-order valence-corrected chi connectivity index (χ0v) is 22.4. The van der Waals surface area contributed by atoms with Crippen molar-refractivity contribution in [3.8, 4) is 0 Å². The van der Waals surface area contributed by atoms with E-state index in [2.05, 4.69) is 29.3 Å². The molecule has 3 heterocycles. The lowest BCUT2D eigenvalue weighted by molar-refractivity contribution is -0.130. The summed E-state index contributed by atoms with van der Waals surface area (Å²) in [7, 11) is 0. The summed E-state index contributed by atoms with van der Waals surface area (Å²) in [5.41, 5.74) is 1.90. The first kappa shape index (κ1) is 27.2. The molecule has 4 rings (SSSR count). The molecule has 0 aromatic carbocycles. The smallest absolute Gasteiger partial charge is 0.410 e. The minimum absolute atomic E-state index is 0.0844. The number of rotatable bonds is 10. The number of pyridine rings is 1. The molecule has 9 heteroatoms. The molecule has 1 aromatic heterocycles. The number of fused-ring (bicyclic) bond motifs is 1. The summed E-state index contributed by atoms with van der Waals surface area (Å²) in [5, 5.41) is 16.2. The Balaban J connectivity index is 1.10. The number of amides is 2. The molecule has 0 spiro atoms. The summed E-state index contributed by atoms with van der Waals surface area (Å²) >= 11 is 0. The highest BCUT2D eigenvalue weighted by atomic mass is 16.6. The number of aliphatic hydroxyl groups is 1. The van der Waals surface area contributed by atoms with E-state index in [0.29, 0.717) is 32.0 Å². The molecule has 3 N–H and O–H groups in total. The molecule has 0 unspecified atom stereocenters. The van der Waals surface area contributed by atoms with Gasteiger partial charge in [0.05, 0.1) is 18.1 Å². The summed E-state index contributed by atoms with van der Waals surface area (Å²) in [5.74, 6) is 1.10. The van der Waals surface area contributed by atoms with Crippen LogP contribution < -0.4 is 10.6 Å². The van der Waals surface area contributed by atoms with Gasteiger partial charge in [-0.05, 0) is 83.3 Å². The molecule has 2 aliphatic heterocycles. The van der Waals surface area contributed by atoms with Crippen LogP contribution in [-0.4, -0.2) is 71.0 Å². The highest BCUT2D eigenvalue weighted by molar-refractivity contribution is 5.83. The van der Waals surface area contributed by atoms with Crippen LogP contribution in [0.4, 0.5) is 10.6 Å². The van der Waals surface area contributed by atoms with Crippen molar-refractivity contribution in [1.82, 2.24) is 15.2 Å². The first-order valence-corrected chi connectivity index (χ1v) is 13.6. The SMILES string of the molecule is C=C(O)[C@H](CCO[C@H]1C[C@H](CCc2ccc3c(n2)NCCC3)C1)NC(=O)C1CN(C(=O)OC(C)(C)C)C1. The molecule has 1 aromatic rings. The molecule has 1 saturated carbocycles. The number of ether oxygens (including phenoxy) is 2. The molecular formula is C28H42N4O5. The van der Waals surface area contributed by atoms with Crippen molar-refractivity contribution in [3.05, 3.63) is 35.7 Å². The second-order valence-corrected chi connectivity index (χ2v) is 11.6. The van der Waals surface area contributed by atoms with Crippen LogP contribution in [-0.2, 0) is 27.1 Å². The minimum Gasteiger partial charge on any atom is -0.511 e. The monoisotopic (exact) mass is 514 g/mol. The minimum atomic E-state index is -0.569. The quantitative estimate of drug-likeness (QED) is 0.405. The highest BCUT2D eigenvalue weighted by Crippen LogP contribution is 2.34. The van der Waals surface area contributed by atoms with Crippen LogP contribution >= 0.6 is 0 Å². The van der Waals surface area contributed by atoms with Crippen LogP contribution in [0.15, 0.2) is 24.5 Å². The third kappa shape index (κ3) is 7.60. The number of hydrogen-bond acceptors (Lipinski definition) is 7. The molecular weight excluding hydrogens is 472 g/mol. The van der Waals surface area contributed by atoms with E-state index in [-0.39, 0.29) is 23.7 Å². The molecule has 1 atom stereocenters. The van der Waals surface area contributed by atoms with Crippen molar-refractivity contribution in [1.29, 1.82) is 0 Å². The van der Waals surface area contributed by atoms with Crippen LogP contribution in [0.1, 0.15) is 64.1 Å². The number of hydrogen-bond donors (Lipinski definition) is 3. The van der Waals surface area contributed by atoms with Gasteiger partial charge in [0, 0.05) is 31.9 Å². The van der Waals surface area contributed by atoms with Crippen LogP contribution in [0.2, 0.25) is 0 Å². The topological polar surface area (TPSA) is 113 Å². The van der Waals surface area contributed by atoms with E-state index >= 15 is 0 Å². The zero-order valence-electron chi connectivity index (χ0n) is 22.4. The fourth-order valence-electron chi connectivity index (χ4n) is 4.99. The number of anilines is 1. The lowest BCUT2D eigenvalue weighted by atomic mass is 9.79. The first-order valence-electron chi connectivity index (χ1n) is 13.6. The number of carbonyl (C=O) groups excluding carboxylic acids is 2. The molecule has 2 amide bonds. The van der Waals surface area contributed by atoms with E-state index in [4.69, 9.17) is 14.5 Å². The van der Waals surface area contributed by atoms with Gasteiger partial charge >= 0.3 is 6.09 Å². The van der Waals surface area contributed by atoms with Gasteiger partial charge in [-0.25, -0.2) is 9.78 Å². The van der Waals surface area contributed by atoms with E-state index in [0.717, 1.165) is 50.2 Å². The largest absolute Gasteiger partial charge is 0.511 e. The molecule has 3 aliphatic rings. The molecule has 0 bridgehead atoms. The van der Waals surface area contributed by atoms with E-state index < -0.39 is 17.7 Å². The first-order chi connectivity index (χ1) is 17.6. The number of carbonyl (C=O) groups is 2. The highest BCUT2D eigenvalue weighted by Gasteiger charge is 2.38. The van der Waals surface area contributed by atoms with Crippen molar-refractivity contribution < 1.29 is 24.2 Å². The zero-order chi connectivity index (χ0) is 26.6. The van der Waals surface area contributed by atoms with E-state index in [9.17, 15) is 14.7 Å². The predicted molar refractivity (Wildman–Crippen MR) is 141 cm³/mol. The Bertz CT molecular complexity index is 979. The molecule has 1 aliphatic carbocycles. The van der Waals surface area contributed by atoms with Gasteiger partial charge in [-0.2, -0.15) is 0 Å². The molecule has 9 nitrogen and oxygen atoms in total. The summed E-state index contributed by atoms with van der Waals surface area (Å²) < 4.78 is 11.3. The molecule has 0 radical (unpaired) electrons. The van der Waals surface area contributed by atoms with Gasteiger partial charge in [-0.1, -0.05) is 12.6 Å². The maximum atomic E-state index is 12.6. The average molecular weight is 515 g/mol. The third-order valence-corrected chi connectivity index (χ3v) is 7.34. The number of aromatic nitrogens is 1. The molecule has 204 valence electrons. The van der Waals surface area contributed by atoms with Crippen molar-refractivity contribution in [2.45, 2.75) is 83.5 Å². The van der Waals surface area contributed by atoms with Gasteiger partial charge < -0.3 is 30.1 Å². The fourth-order valence-corrected chi connectivity index (χ4v) is 4.99. The summed E-state index contributed by atoms with van der Waals surface area (Å²) in [6.45, 7) is 11.1. The Morgan fingerprint density at radius 1 is 1.30 bits per heavy atom. The summed E-state index contributed by atoms with van der Waals surface area (Å²) in [6.07, 6.45) is 6.70. The van der Waals surface area contributed by atoms with Crippen molar-refractivity contribution >= 4 is 17.8 Å². The van der Waals surface area contributed by atoms with Crippen LogP contribution in [0, 0.1) is 11.8 Å². The molecule has 37 heavy (non-hydrogen) atoms. The lowest BCUT2D eigenvalue weighted by Crippen LogP contribution is -2.57. The normalized spacial score (nSPS) is 22.1. The number of likely N-dealkylation sites (tertiary alicyclic amines) is 1. The van der Waals surface area contributed by atoms with Gasteiger partial charge in [-0.15, -0.1) is 0 Å². The van der Waals surface area contributed by atoms with E-state index in [1.165, 1.54) is 16.9 Å². The molecule has 1 saturated heterocycles. The lowest BCUT2D eigenvalue weighted by Gasteiger charge is -2.39. The van der Waals surface area contributed by atoms with E-state index in [1.54, 1.807) is 0 Å². The van der Waals surface area contributed by atoms with E-state index in [1.807, 2.05) is 20.8 Å². The number of aryl methyl sites for hydroxylation is 2. The maximum Gasteiger partial charge on any atom is 0.410 e. The van der Waals surface area contributed by atoms with Gasteiger partial charge in [-0.3, -0.25) is 4.79 Å². The summed E-state index contributed by atoms with van der Waals surface area (Å²) in [4.78, 5) is 30.9. The number of nitrogens with zero attached hydrogens (tertiary/aromatic N) is 2. The van der Waals surface area contributed by atoms with Crippen LogP contribution in [0.5, 0.6) is 0 Å². The average Bonchev–Trinajstić information content (AvgIpc) is 2.76. The third-order valence-electron chi connectivity index (χ3n) is 7.34. The number of nitrogens with one attached hydrogen (secondary N) is 2. The predicted octanol–water partition coefficient (Wildman–Crippen LogP) is 3.98. The van der Waals surface area contributed by atoms with Crippen LogP contribution in [0.3, 0.4) is 0 Å². The van der Waals surface area contributed by atoms with Crippen molar-refractivity contribution in [3.63, 3.8) is 0 Å². The van der Waals surface area contributed by atoms with Crippen molar-refractivity contribution in [2.75, 3.05) is 31.6 Å². The Labute approximate surface area is 220 Å². The summed E-state index contributed by atoms with van der Waals surface area (Å²) in [6, 6.07) is 3.80. The fraction of sp³-hybridized carbons (Fsp3) is 0.679. The van der Waals surface area contributed by atoms with Gasteiger partial charge in [0.15, 0.2) is 0 Å². The number of aliphatic hydroxyl groups excluding tert-OH is 1. The Hall–Kier alpha value is -2.81.